The summed E-state index contributed by atoms with van der Waals surface area (Å²) in [5, 5.41) is 2.94. The van der Waals surface area contributed by atoms with Gasteiger partial charge in [0.1, 0.15) is 0 Å². The molecule has 140 valence electrons. The number of benzene rings is 1. The molecule has 1 fully saturated rings. The lowest BCUT2D eigenvalue weighted by Crippen LogP contribution is -2.39. The van der Waals surface area contributed by atoms with Crippen LogP contribution < -0.4 is 5.32 Å². The lowest BCUT2D eigenvalue weighted by molar-refractivity contribution is -0.121. The maximum absolute atomic E-state index is 12.8. The van der Waals surface area contributed by atoms with Gasteiger partial charge < -0.3 is 5.32 Å². The molecule has 0 bridgehead atoms. The molecular weight excluding hydrogens is 336 g/mol. The molecule has 0 unspecified atom stereocenters. The number of carbonyl (C=O) groups is 1. The molecule has 0 aliphatic carbocycles. The van der Waals surface area contributed by atoms with E-state index in [1.165, 1.54) is 0 Å². The third kappa shape index (κ3) is 5.54. The van der Waals surface area contributed by atoms with Crippen LogP contribution >= 0.6 is 0 Å². The first-order valence-electron chi connectivity index (χ1n) is 9.13. The fraction of sp³-hybridized carbons (Fsp3) is 0.632. The summed E-state index contributed by atoms with van der Waals surface area (Å²) in [4.78, 5) is 12.2. The Labute approximate surface area is 151 Å². The van der Waals surface area contributed by atoms with E-state index in [0.717, 1.165) is 24.8 Å². The van der Waals surface area contributed by atoms with Gasteiger partial charge in [0.25, 0.3) is 0 Å². The van der Waals surface area contributed by atoms with Gasteiger partial charge in [-0.15, -0.1) is 0 Å². The summed E-state index contributed by atoms with van der Waals surface area (Å²) >= 11 is 0. The van der Waals surface area contributed by atoms with Crippen LogP contribution in [0, 0.1) is 18.8 Å². The maximum atomic E-state index is 12.8. The number of nitrogens with zero attached hydrogens (tertiary/aromatic N) is 1. The van der Waals surface area contributed by atoms with E-state index in [1.54, 1.807) is 16.4 Å². The van der Waals surface area contributed by atoms with Gasteiger partial charge in [0.15, 0.2) is 0 Å². The number of aryl methyl sites for hydroxylation is 1. The second-order valence-electron chi connectivity index (χ2n) is 7.35. The van der Waals surface area contributed by atoms with Crippen LogP contribution in [0.15, 0.2) is 29.2 Å². The first-order valence-corrected chi connectivity index (χ1v) is 10.6. The van der Waals surface area contributed by atoms with Gasteiger partial charge in [0.2, 0.25) is 15.9 Å². The molecule has 1 aliphatic rings. The van der Waals surface area contributed by atoms with Gasteiger partial charge in [0.05, 0.1) is 4.90 Å². The lowest BCUT2D eigenvalue weighted by atomic mass is 9.93. The summed E-state index contributed by atoms with van der Waals surface area (Å²) < 4.78 is 27.2. The number of hydrogen-bond acceptors (Lipinski definition) is 3. The molecule has 1 aromatic carbocycles. The summed E-state index contributed by atoms with van der Waals surface area (Å²) in [5.41, 5.74) is 0.784. The number of nitrogens with one attached hydrogen (secondary N) is 1. The summed E-state index contributed by atoms with van der Waals surface area (Å²) in [6.45, 7) is 7.76. The molecule has 2 rings (SSSR count). The summed E-state index contributed by atoms with van der Waals surface area (Å²) in [7, 11) is -3.41. The highest BCUT2D eigenvalue weighted by atomic mass is 32.2. The first-order chi connectivity index (χ1) is 11.8. The lowest BCUT2D eigenvalue weighted by Gasteiger charge is -2.31. The van der Waals surface area contributed by atoms with Gasteiger partial charge in [-0.1, -0.05) is 32.0 Å². The van der Waals surface area contributed by atoms with E-state index >= 15 is 0 Å². The quantitative estimate of drug-likeness (QED) is 0.807. The molecule has 1 amide bonds. The molecule has 5 nitrogen and oxygen atoms in total. The van der Waals surface area contributed by atoms with Gasteiger partial charge in [0, 0.05) is 26.1 Å². The molecule has 1 heterocycles. The molecule has 0 aromatic heterocycles. The third-order valence-corrected chi connectivity index (χ3v) is 6.83. The number of piperidine rings is 1. The predicted molar refractivity (Wildman–Crippen MR) is 99.7 cm³/mol. The van der Waals surface area contributed by atoms with Crippen molar-refractivity contribution < 1.29 is 13.2 Å². The number of carbonyl (C=O) groups excluding carboxylic acids is 1. The average Bonchev–Trinajstić information content (AvgIpc) is 2.58. The number of rotatable bonds is 7. The molecule has 0 saturated carbocycles. The Morgan fingerprint density at radius 2 is 1.88 bits per heavy atom. The zero-order chi connectivity index (χ0) is 18.4. The van der Waals surface area contributed by atoms with Crippen LogP contribution in [0.1, 0.15) is 45.1 Å². The van der Waals surface area contributed by atoms with Crippen molar-refractivity contribution in [3.63, 3.8) is 0 Å². The van der Waals surface area contributed by atoms with Gasteiger partial charge >= 0.3 is 0 Å². The molecule has 1 aromatic rings. The van der Waals surface area contributed by atoms with E-state index in [9.17, 15) is 13.2 Å². The average molecular weight is 367 g/mol. The van der Waals surface area contributed by atoms with E-state index in [2.05, 4.69) is 19.2 Å². The molecule has 0 radical (unpaired) electrons. The fourth-order valence-corrected chi connectivity index (χ4v) is 4.86. The highest BCUT2D eigenvalue weighted by molar-refractivity contribution is 7.89. The van der Waals surface area contributed by atoms with E-state index in [1.807, 2.05) is 19.1 Å². The molecule has 1 N–H and O–H groups in total. The van der Waals surface area contributed by atoms with Gasteiger partial charge in [-0.25, -0.2) is 8.42 Å². The fourth-order valence-electron chi connectivity index (χ4n) is 3.16. The van der Waals surface area contributed by atoms with Crippen molar-refractivity contribution in [2.45, 2.75) is 51.3 Å². The van der Waals surface area contributed by atoms with Crippen molar-refractivity contribution in [1.82, 2.24) is 9.62 Å². The topological polar surface area (TPSA) is 66.5 Å². The molecular formula is C19H30N2O3S. The van der Waals surface area contributed by atoms with Gasteiger partial charge in [-0.2, -0.15) is 4.31 Å². The van der Waals surface area contributed by atoms with Gasteiger partial charge in [-0.05, 0) is 49.7 Å². The monoisotopic (exact) mass is 366 g/mol. The maximum Gasteiger partial charge on any atom is 0.243 e. The normalized spacial score (nSPS) is 17.0. The molecule has 6 heteroatoms. The summed E-state index contributed by atoms with van der Waals surface area (Å²) in [6.07, 6.45) is 3.01. The van der Waals surface area contributed by atoms with Crippen molar-refractivity contribution in [3.8, 4) is 0 Å². The Morgan fingerprint density at radius 1 is 1.24 bits per heavy atom. The molecule has 1 saturated heterocycles. The highest BCUT2D eigenvalue weighted by Gasteiger charge is 2.30. The van der Waals surface area contributed by atoms with Crippen LogP contribution in [0.25, 0.3) is 0 Å². The SMILES string of the molecule is Cc1ccccc1S(=O)(=O)N1CCC(CCC(=O)NCC(C)C)CC1. The standard InChI is InChI=1S/C19H30N2O3S/c1-15(2)14-20-19(22)9-8-17-10-12-21(13-11-17)25(23,24)18-7-5-4-6-16(18)3/h4-7,15,17H,8-14H2,1-3H3,(H,20,22). The Morgan fingerprint density at radius 3 is 2.48 bits per heavy atom. The highest BCUT2D eigenvalue weighted by Crippen LogP contribution is 2.27. The molecule has 0 spiro atoms. The minimum atomic E-state index is -3.41. The minimum absolute atomic E-state index is 0.101. The van der Waals surface area contributed by atoms with Crippen molar-refractivity contribution in [1.29, 1.82) is 0 Å². The molecule has 1 aliphatic heterocycles. The van der Waals surface area contributed by atoms with Crippen molar-refractivity contribution in [2.75, 3.05) is 19.6 Å². The number of hydrogen-bond donors (Lipinski definition) is 1. The smallest absolute Gasteiger partial charge is 0.243 e. The van der Waals surface area contributed by atoms with Crippen molar-refractivity contribution in [2.24, 2.45) is 11.8 Å². The zero-order valence-corrected chi connectivity index (χ0v) is 16.3. The van der Waals surface area contributed by atoms with E-state index < -0.39 is 10.0 Å². The van der Waals surface area contributed by atoms with Crippen LogP contribution in [-0.4, -0.2) is 38.3 Å². The van der Waals surface area contributed by atoms with Crippen molar-refractivity contribution >= 4 is 15.9 Å². The predicted octanol–water partition coefficient (Wildman–Crippen LogP) is 2.95. The zero-order valence-electron chi connectivity index (χ0n) is 15.5. The molecule has 25 heavy (non-hydrogen) atoms. The Bertz CT molecular complexity index is 678. The Kier molecular flexibility index (Phi) is 7.02. The van der Waals surface area contributed by atoms with Crippen LogP contribution in [0.2, 0.25) is 0 Å². The van der Waals surface area contributed by atoms with Crippen LogP contribution in [0.4, 0.5) is 0 Å². The summed E-state index contributed by atoms with van der Waals surface area (Å²) in [6, 6.07) is 7.12. The Hall–Kier alpha value is -1.40. The third-order valence-electron chi connectivity index (χ3n) is 4.77. The van der Waals surface area contributed by atoms with Crippen LogP contribution in [0.5, 0.6) is 0 Å². The molecule has 0 atom stereocenters. The second kappa shape index (κ2) is 8.81. The second-order valence-corrected chi connectivity index (χ2v) is 9.26. The largest absolute Gasteiger partial charge is 0.356 e. The van der Waals surface area contributed by atoms with Crippen molar-refractivity contribution in [3.05, 3.63) is 29.8 Å². The van der Waals surface area contributed by atoms with Crippen LogP contribution in [-0.2, 0) is 14.8 Å². The number of sulfonamides is 1. The van der Waals surface area contributed by atoms with E-state index in [4.69, 9.17) is 0 Å². The Balaban J connectivity index is 1.83. The van der Waals surface area contributed by atoms with Crippen LogP contribution in [0.3, 0.4) is 0 Å². The first kappa shape index (κ1) is 19.9. The minimum Gasteiger partial charge on any atom is -0.356 e. The van der Waals surface area contributed by atoms with E-state index in [0.29, 0.717) is 42.8 Å². The van der Waals surface area contributed by atoms with Gasteiger partial charge in [-0.3, -0.25) is 4.79 Å². The van der Waals surface area contributed by atoms with E-state index in [-0.39, 0.29) is 5.91 Å². The number of amides is 1. The summed E-state index contributed by atoms with van der Waals surface area (Å²) in [5.74, 6) is 0.982.